The lowest BCUT2D eigenvalue weighted by molar-refractivity contribution is -0.166. The van der Waals surface area contributed by atoms with Gasteiger partial charge in [-0.1, -0.05) is 24.3 Å². The number of nitrogens with one attached hydrogen (secondary N) is 1. The van der Waals surface area contributed by atoms with Gasteiger partial charge in [0.2, 0.25) is 5.91 Å². The van der Waals surface area contributed by atoms with Crippen LogP contribution in [0.25, 0.3) is 10.9 Å². The number of nitrogens with zero attached hydrogens (tertiary/aromatic N) is 2. The van der Waals surface area contributed by atoms with Crippen LogP contribution in [0.2, 0.25) is 0 Å². The maximum absolute atomic E-state index is 13.7. The third-order valence-electron chi connectivity index (χ3n) is 7.14. The third-order valence-corrected chi connectivity index (χ3v) is 7.14. The van der Waals surface area contributed by atoms with Crippen molar-refractivity contribution in [2.45, 2.75) is 38.3 Å². The summed E-state index contributed by atoms with van der Waals surface area (Å²) in [6.07, 6.45) is 0.00390. The lowest BCUT2D eigenvalue weighted by Gasteiger charge is -2.51. The maximum Gasteiger partial charge on any atom is 0.255 e. The molecule has 2 aliphatic rings. The molecular weight excluding hydrogens is 446 g/mol. The fraction of sp³-hybridized carbons (Fsp3) is 0.407. The molecule has 2 aliphatic heterocycles. The Morgan fingerprint density at radius 3 is 2.66 bits per heavy atom. The molecule has 8 nitrogen and oxygen atoms in total. The highest BCUT2D eigenvalue weighted by Crippen LogP contribution is 2.48. The van der Waals surface area contributed by atoms with Crippen molar-refractivity contribution in [2.75, 3.05) is 33.4 Å². The van der Waals surface area contributed by atoms with E-state index in [1.165, 1.54) is 4.90 Å². The molecule has 2 atom stereocenters. The summed E-state index contributed by atoms with van der Waals surface area (Å²) in [6, 6.07) is 13.8. The lowest BCUT2D eigenvalue weighted by Crippen LogP contribution is -2.67. The first-order valence-electron chi connectivity index (χ1n) is 12.0. The average Bonchev–Trinajstić information content (AvgIpc) is 3.23. The molecule has 0 spiro atoms. The normalized spacial score (nSPS) is 21.9. The van der Waals surface area contributed by atoms with Crippen LogP contribution in [0.15, 0.2) is 42.5 Å². The molecule has 5 rings (SSSR count). The molecule has 2 amide bonds. The zero-order valence-electron chi connectivity index (χ0n) is 20.5. The Morgan fingerprint density at radius 2 is 1.94 bits per heavy atom. The van der Waals surface area contributed by atoms with Crippen molar-refractivity contribution in [1.82, 2.24) is 14.8 Å². The molecule has 0 radical (unpaired) electrons. The molecule has 1 saturated heterocycles. The number of carbonyl (C=O) groups is 2. The second-order valence-electron chi connectivity index (χ2n) is 9.62. The number of β-amino-alcohol motifs (C(OH)–C–C–N with tert-alkyl or cyclic N) is 1. The minimum absolute atomic E-state index is 0.00390. The quantitative estimate of drug-likeness (QED) is 0.569. The van der Waals surface area contributed by atoms with Gasteiger partial charge in [-0.3, -0.25) is 9.59 Å². The summed E-state index contributed by atoms with van der Waals surface area (Å²) in [5.41, 5.74) is 2.43. The molecule has 0 bridgehead atoms. The number of amides is 2. The Balaban J connectivity index is 1.70. The lowest BCUT2D eigenvalue weighted by atomic mass is 9.76. The molecule has 3 aromatic rings. The summed E-state index contributed by atoms with van der Waals surface area (Å²) >= 11 is 0. The Morgan fingerprint density at radius 1 is 1.17 bits per heavy atom. The molecule has 2 unspecified atom stereocenters. The number of hydrogen-bond donors (Lipinski definition) is 2. The Bertz CT molecular complexity index is 1300. The van der Waals surface area contributed by atoms with Gasteiger partial charge in [0.15, 0.2) is 17.0 Å². The maximum atomic E-state index is 13.7. The number of aliphatic hydroxyl groups excluding tert-OH is 1. The number of aromatic amines is 1. The van der Waals surface area contributed by atoms with Crippen LogP contribution in [0.1, 0.15) is 43.5 Å². The molecule has 8 heteroatoms. The second kappa shape index (κ2) is 8.61. The van der Waals surface area contributed by atoms with E-state index in [0.29, 0.717) is 18.0 Å². The van der Waals surface area contributed by atoms with Crippen molar-refractivity contribution < 1.29 is 24.2 Å². The summed E-state index contributed by atoms with van der Waals surface area (Å²) in [6.45, 7) is 5.99. The van der Waals surface area contributed by atoms with Crippen molar-refractivity contribution >= 4 is 22.7 Å². The van der Waals surface area contributed by atoms with Gasteiger partial charge in [-0.05, 0) is 50.1 Å². The number of aromatic nitrogens is 1. The second-order valence-corrected chi connectivity index (χ2v) is 9.62. The van der Waals surface area contributed by atoms with Crippen LogP contribution in [0, 0.1) is 0 Å². The van der Waals surface area contributed by atoms with Crippen LogP contribution in [-0.4, -0.2) is 71.2 Å². The summed E-state index contributed by atoms with van der Waals surface area (Å²) in [5, 5.41) is 10.5. The van der Waals surface area contributed by atoms with Crippen molar-refractivity contribution in [3.05, 3.63) is 59.3 Å². The van der Waals surface area contributed by atoms with Crippen LogP contribution in [0.5, 0.6) is 11.5 Å². The number of ether oxygens (including phenoxy) is 2. The van der Waals surface area contributed by atoms with Crippen LogP contribution in [-0.2, 0) is 15.1 Å². The molecule has 1 aromatic heterocycles. The number of hydrogen-bond acceptors (Lipinski definition) is 5. The van der Waals surface area contributed by atoms with E-state index in [1.54, 1.807) is 18.9 Å². The number of rotatable bonds is 6. The van der Waals surface area contributed by atoms with Crippen molar-refractivity contribution in [1.29, 1.82) is 0 Å². The highest BCUT2D eigenvalue weighted by molar-refractivity contribution is 6.01. The van der Waals surface area contributed by atoms with Gasteiger partial charge < -0.3 is 29.4 Å². The van der Waals surface area contributed by atoms with Gasteiger partial charge in [-0.2, -0.15) is 0 Å². The van der Waals surface area contributed by atoms with E-state index in [4.69, 9.17) is 9.47 Å². The van der Waals surface area contributed by atoms with E-state index < -0.39 is 5.54 Å². The summed E-state index contributed by atoms with van der Waals surface area (Å²) in [5.74, 6) is 0.797. The van der Waals surface area contributed by atoms with Crippen LogP contribution in [0.3, 0.4) is 0 Å². The smallest absolute Gasteiger partial charge is 0.255 e. The minimum Gasteiger partial charge on any atom is -0.493 e. The van der Waals surface area contributed by atoms with E-state index in [9.17, 15) is 14.7 Å². The molecular formula is C27H31N3O5. The zero-order chi connectivity index (χ0) is 24.9. The van der Waals surface area contributed by atoms with Crippen LogP contribution >= 0.6 is 0 Å². The molecule has 2 aromatic carbocycles. The fourth-order valence-electron chi connectivity index (χ4n) is 5.53. The zero-order valence-corrected chi connectivity index (χ0v) is 20.5. The minimum atomic E-state index is -1.18. The monoisotopic (exact) mass is 477 g/mol. The SMILES string of the molecule is COc1cc(C2CN3C(=O)CN(CCO)C(=O)C3(C)c3[nH]c4ccccc4c32)ccc1OC(C)C. The van der Waals surface area contributed by atoms with Gasteiger partial charge in [0.1, 0.15) is 0 Å². The van der Waals surface area contributed by atoms with Gasteiger partial charge >= 0.3 is 0 Å². The Labute approximate surface area is 204 Å². The molecule has 0 saturated carbocycles. The van der Waals surface area contributed by atoms with Crippen molar-refractivity contribution in [2.24, 2.45) is 0 Å². The van der Waals surface area contributed by atoms with Crippen LogP contribution in [0.4, 0.5) is 0 Å². The number of para-hydroxylation sites is 1. The molecule has 0 aliphatic carbocycles. The van der Waals surface area contributed by atoms with E-state index in [0.717, 1.165) is 27.7 Å². The summed E-state index contributed by atoms with van der Waals surface area (Å²) < 4.78 is 11.5. The number of methoxy groups -OCH3 is 1. The predicted octanol–water partition coefficient (Wildman–Crippen LogP) is 2.99. The molecule has 3 heterocycles. The number of carbonyl (C=O) groups excluding carboxylic acids is 2. The first-order valence-corrected chi connectivity index (χ1v) is 12.0. The summed E-state index contributed by atoms with van der Waals surface area (Å²) in [7, 11) is 1.62. The average molecular weight is 478 g/mol. The first kappa shape index (κ1) is 23.2. The Kier molecular flexibility index (Phi) is 5.71. The predicted molar refractivity (Wildman–Crippen MR) is 132 cm³/mol. The Hall–Kier alpha value is -3.52. The van der Waals surface area contributed by atoms with Gasteiger partial charge in [-0.15, -0.1) is 0 Å². The van der Waals surface area contributed by atoms with E-state index in [1.807, 2.05) is 56.3 Å². The van der Waals surface area contributed by atoms with Crippen LogP contribution < -0.4 is 9.47 Å². The highest BCUT2D eigenvalue weighted by Gasteiger charge is 2.56. The van der Waals surface area contributed by atoms with E-state index in [2.05, 4.69) is 4.98 Å². The van der Waals surface area contributed by atoms with Gasteiger partial charge in [0.05, 0.1) is 32.1 Å². The summed E-state index contributed by atoms with van der Waals surface area (Å²) in [4.78, 5) is 33.7. The molecule has 2 N–H and O–H groups in total. The number of piperazine rings is 1. The van der Waals surface area contributed by atoms with Gasteiger partial charge in [0.25, 0.3) is 5.91 Å². The number of H-pyrrole nitrogens is 1. The van der Waals surface area contributed by atoms with Gasteiger partial charge in [-0.25, -0.2) is 0 Å². The van der Waals surface area contributed by atoms with Crippen molar-refractivity contribution in [3.63, 3.8) is 0 Å². The number of aliphatic hydroxyl groups is 1. The fourth-order valence-corrected chi connectivity index (χ4v) is 5.53. The topological polar surface area (TPSA) is 95.1 Å². The van der Waals surface area contributed by atoms with Crippen molar-refractivity contribution in [3.8, 4) is 11.5 Å². The number of benzene rings is 2. The molecule has 184 valence electrons. The first-order chi connectivity index (χ1) is 16.8. The van der Waals surface area contributed by atoms with E-state index >= 15 is 0 Å². The third kappa shape index (κ3) is 3.55. The van der Waals surface area contributed by atoms with Gasteiger partial charge in [0, 0.05) is 29.9 Å². The molecule has 35 heavy (non-hydrogen) atoms. The highest BCUT2D eigenvalue weighted by atomic mass is 16.5. The largest absolute Gasteiger partial charge is 0.493 e. The van der Waals surface area contributed by atoms with E-state index in [-0.39, 0.29) is 43.5 Å². The number of fused-ring (bicyclic) bond motifs is 5. The standard InChI is InChI=1S/C27H31N3O5/c1-16(2)35-21-10-9-17(13-22(21)34-4)19-14-30-23(32)15-29(11-12-31)26(33)27(30,3)25-24(19)18-7-5-6-8-20(18)28-25/h5-10,13,16,19,28,31H,11-12,14-15H2,1-4H3. The molecule has 1 fully saturated rings.